The van der Waals surface area contributed by atoms with Crippen molar-refractivity contribution in [2.45, 2.75) is 18.9 Å². The molecule has 3 rings (SSSR count). The number of amides is 1. The molecule has 1 aliphatic rings. The highest BCUT2D eigenvalue weighted by Gasteiger charge is 2.39. The topological polar surface area (TPSA) is 92.9 Å². The fourth-order valence-corrected chi connectivity index (χ4v) is 4.53. The van der Waals surface area contributed by atoms with Crippen LogP contribution in [0.5, 0.6) is 0 Å². The van der Waals surface area contributed by atoms with Crippen molar-refractivity contribution < 1.29 is 4.79 Å². The first-order valence-electron chi connectivity index (χ1n) is 7.12. The number of rotatable bonds is 2. The molecule has 0 bridgehead atoms. The Kier molecular flexibility index (Phi) is 4.15. The highest BCUT2D eigenvalue weighted by Crippen LogP contribution is 2.42. The monoisotopic (exact) mass is 403 g/mol. The van der Waals surface area contributed by atoms with Gasteiger partial charge in [-0.15, -0.1) is 11.3 Å². The predicted molar refractivity (Wildman–Crippen MR) is 95.6 cm³/mol. The second-order valence-corrected chi connectivity index (χ2v) is 7.70. The number of pyridine rings is 1. The van der Waals surface area contributed by atoms with Crippen molar-refractivity contribution in [2.24, 2.45) is 0 Å². The molecule has 2 aromatic rings. The zero-order valence-corrected chi connectivity index (χ0v) is 15.5. The molecule has 2 N–H and O–H groups in total. The molecule has 0 aromatic carbocycles. The molecule has 3 heterocycles. The molecule has 2 aromatic heterocycles. The molecule has 1 saturated heterocycles. The quantitative estimate of drug-likeness (QED) is 0.805. The summed E-state index contributed by atoms with van der Waals surface area (Å²) in [5.74, 6) is -0.00608. The molecule has 1 fully saturated rings. The Hall–Kier alpha value is -2.24. The van der Waals surface area contributed by atoms with E-state index in [4.69, 9.17) is 10.7 Å². The fraction of sp³-hybridized carbons (Fsp3) is 0.250. The van der Waals surface area contributed by atoms with Crippen molar-refractivity contribution in [2.75, 3.05) is 7.05 Å². The summed E-state index contributed by atoms with van der Waals surface area (Å²) >= 11 is 5.07. The second kappa shape index (κ2) is 6.00. The van der Waals surface area contributed by atoms with E-state index in [0.717, 1.165) is 19.8 Å². The lowest BCUT2D eigenvalue weighted by molar-refractivity contribution is -0.129. The van der Waals surface area contributed by atoms with Crippen LogP contribution >= 0.6 is 27.3 Å². The first-order chi connectivity index (χ1) is 11.3. The molecule has 6 nitrogen and oxygen atoms in total. The van der Waals surface area contributed by atoms with Crippen LogP contribution in [0.15, 0.2) is 29.0 Å². The molecule has 0 radical (unpaired) electrons. The van der Waals surface area contributed by atoms with Crippen LogP contribution in [0, 0.1) is 16.7 Å². The van der Waals surface area contributed by atoms with Crippen molar-refractivity contribution in [3.8, 4) is 16.5 Å². The van der Waals surface area contributed by atoms with Crippen LogP contribution in [-0.4, -0.2) is 28.8 Å². The van der Waals surface area contributed by atoms with Crippen molar-refractivity contribution in [1.29, 1.82) is 10.7 Å². The van der Waals surface area contributed by atoms with Crippen LogP contribution in [0.2, 0.25) is 0 Å². The average molecular weight is 404 g/mol. The van der Waals surface area contributed by atoms with Gasteiger partial charge in [0.05, 0.1) is 22.4 Å². The summed E-state index contributed by atoms with van der Waals surface area (Å²) in [6.45, 7) is 1.92. The Morgan fingerprint density at radius 3 is 2.92 bits per heavy atom. The minimum absolute atomic E-state index is 0.0907. The van der Waals surface area contributed by atoms with E-state index in [2.05, 4.69) is 32.3 Å². The van der Waals surface area contributed by atoms with Crippen LogP contribution in [0.3, 0.4) is 0 Å². The fourth-order valence-electron chi connectivity index (χ4n) is 2.55. The minimum Gasteiger partial charge on any atom is -0.345 e. The SMILES string of the molecule is CN1C(=N)N[C@@](C)(c2cc(Br)c(-c3cncc(C#N)c3)s2)CC1=O. The van der Waals surface area contributed by atoms with Crippen LogP contribution in [0.25, 0.3) is 10.4 Å². The largest absolute Gasteiger partial charge is 0.345 e. The molecule has 1 aliphatic heterocycles. The number of aromatic nitrogens is 1. The predicted octanol–water partition coefficient (Wildman–Crippen LogP) is 3.05. The van der Waals surface area contributed by atoms with E-state index in [1.54, 1.807) is 19.3 Å². The molecular weight excluding hydrogens is 390 g/mol. The number of guanidine groups is 1. The van der Waals surface area contributed by atoms with Gasteiger partial charge in [-0.3, -0.25) is 20.1 Å². The number of hydrogen-bond donors (Lipinski definition) is 2. The van der Waals surface area contributed by atoms with Crippen LogP contribution in [0.4, 0.5) is 0 Å². The lowest BCUT2D eigenvalue weighted by Crippen LogP contribution is -2.57. The van der Waals surface area contributed by atoms with Crippen LogP contribution in [0.1, 0.15) is 23.8 Å². The van der Waals surface area contributed by atoms with Gasteiger partial charge < -0.3 is 5.32 Å². The first kappa shape index (κ1) is 16.6. The van der Waals surface area contributed by atoms with E-state index in [0.29, 0.717) is 5.56 Å². The number of thiophene rings is 1. The lowest BCUT2D eigenvalue weighted by atomic mass is 9.93. The highest BCUT2D eigenvalue weighted by molar-refractivity contribution is 9.10. The third-order valence-corrected chi connectivity index (χ3v) is 6.30. The van der Waals surface area contributed by atoms with E-state index >= 15 is 0 Å². The van der Waals surface area contributed by atoms with Crippen LogP contribution < -0.4 is 5.32 Å². The maximum Gasteiger partial charge on any atom is 0.231 e. The molecule has 0 aliphatic carbocycles. The summed E-state index contributed by atoms with van der Waals surface area (Å²) in [5.41, 5.74) is 0.705. The van der Waals surface area contributed by atoms with Gasteiger partial charge in [0.15, 0.2) is 5.96 Å². The summed E-state index contributed by atoms with van der Waals surface area (Å²) < 4.78 is 0.875. The zero-order chi connectivity index (χ0) is 17.5. The van der Waals surface area contributed by atoms with E-state index < -0.39 is 5.54 Å². The lowest BCUT2D eigenvalue weighted by Gasteiger charge is -2.38. The van der Waals surface area contributed by atoms with E-state index in [-0.39, 0.29) is 18.3 Å². The summed E-state index contributed by atoms with van der Waals surface area (Å²) in [7, 11) is 1.59. The van der Waals surface area contributed by atoms with Gasteiger partial charge in [-0.1, -0.05) is 0 Å². The first-order valence-corrected chi connectivity index (χ1v) is 8.73. The van der Waals surface area contributed by atoms with Crippen LogP contribution in [-0.2, 0) is 10.3 Å². The summed E-state index contributed by atoms with van der Waals surface area (Å²) in [6.07, 6.45) is 3.50. The van der Waals surface area contributed by atoms with Crippen molar-refractivity contribution >= 4 is 39.1 Å². The van der Waals surface area contributed by atoms with Gasteiger partial charge in [0.1, 0.15) is 6.07 Å². The second-order valence-electron chi connectivity index (χ2n) is 5.80. The molecule has 1 atom stereocenters. The summed E-state index contributed by atoms with van der Waals surface area (Å²) in [6, 6.07) is 5.83. The Bertz CT molecular complexity index is 867. The number of nitrogens with zero attached hydrogens (tertiary/aromatic N) is 3. The molecular formula is C16H14BrN5OS. The van der Waals surface area contributed by atoms with Gasteiger partial charge in [0.2, 0.25) is 5.91 Å². The smallest absolute Gasteiger partial charge is 0.231 e. The average Bonchev–Trinajstić information content (AvgIpc) is 2.95. The van der Waals surface area contributed by atoms with Gasteiger partial charge in [0.25, 0.3) is 0 Å². The Labute approximate surface area is 151 Å². The highest BCUT2D eigenvalue weighted by atomic mass is 79.9. The number of hydrogen-bond acceptors (Lipinski definition) is 5. The van der Waals surface area contributed by atoms with E-state index in [1.165, 1.54) is 22.4 Å². The number of carbonyl (C=O) groups is 1. The number of nitriles is 1. The Morgan fingerprint density at radius 2 is 2.25 bits per heavy atom. The standard InChI is InChI=1S/C16H14BrN5OS/c1-16(5-13(23)22(2)15(19)21-16)12-4-11(17)14(24-12)10-3-9(6-18)7-20-8-10/h3-4,7-8H,5H2,1-2H3,(H2,19,21)/t16-/m1/s1. The molecule has 0 saturated carbocycles. The zero-order valence-electron chi connectivity index (χ0n) is 13.1. The number of halogens is 1. The molecule has 24 heavy (non-hydrogen) atoms. The third kappa shape index (κ3) is 2.81. The van der Waals surface area contributed by atoms with Crippen molar-refractivity contribution in [3.05, 3.63) is 39.4 Å². The van der Waals surface area contributed by atoms with Crippen molar-refractivity contribution in [1.82, 2.24) is 15.2 Å². The van der Waals surface area contributed by atoms with Gasteiger partial charge in [-0.05, 0) is 35.0 Å². The van der Waals surface area contributed by atoms with Crippen molar-refractivity contribution in [3.63, 3.8) is 0 Å². The summed E-state index contributed by atoms with van der Waals surface area (Å²) in [5, 5.41) is 20.1. The van der Waals surface area contributed by atoms with E-state index in [9.17, 15) is 4.79 Å². The number of carbonyl (C=O) groups excluding carboxylic acids is 1. The Morgan fingerprint density at radius 1 is 1.50 bits per heavy atom. The van der Waals surface area contributed by atoms with Gasteiger partial charge >= 0.3 is 0 Å². The maximum atomic E-state index is 12.1. The summed E-state index contributed by atoms with van der Waals surface area (Å²) in [4.78, 5) is 19.4. The molecule has 0 spiro atoms. The Balaban J connectivity index is 2.01. The maximum absolute atomic E-state index is 12.1. The van der Waals surface area contributed by atoms with Gasteiger partial charge in [-0.2, -0.15) is 5.26 Å². The van der Waals surface area contributed by atoms with Gasteiger partial charge in [-0.25, -0.2) is 0 Å². The minimum atomic E-state index is -0.633. The molecule has 122 valence electrons. The van der Waals surface area contributed by atoms with Gasteiger partial charge in [0, 0.05) is 34.4 Å². The third-order valence-electron chi connectivity index (χ3n) is 3.97. The molecule has 0 unspecified atom stereocenters. The molecule has 8 heteroatoms. The number of nitrogens with one attached hydrogen (secondary N) is 2. The normalized spacial score (nSPS) is 20.7. The van der Waals surface area contributed by atoms with E-state index in [1.807, 2.05) is 13.0 Å². The molecule has 1 amide bonds.